The second-order valence-corrected chi connectivity index (χ2v) is 5.27. The van der Waals surface area contributed by atoms with Crippen molar-refractivity contribution in [3.63, 3.8) is 0 Å². The van der Waals surface area contributed by atoms with Gasteiger partial charge in [-0.1, -0.05) is 0 Å². The van der Waals surface area contributed by atoms with Crippen LogP contribution in [0.3, 0.4) is 0 Å². The molecular formula is C13H14F3N7O. The molecule has 8 nitrogen and oxygen atoms in total. The quantitative estimate of drug-likeness (QED) is 0.744. The highest BCUT2D eigenvalue weighted by molar-refractivity contribution is 5.45. The van der Waals surface area contributed by atoms with Crippen LogP contribution in [0.25, 0.3) is 5.78 Å². The number of aliphatic hydroxyl groups is 1. The number of aliphatic hydroxyl groups excluding tert-OH is 1. The first-order valence-electron chi connectivity index (χ1n) is 6.96. The van der Waals surface area contributed by atoms with E-state index in [9.17, 15) is 18.3 Å². The summed E-state index contributed by atoms with van der Waals surface area (Å²) in [5.41, 5.74) is 1.06. The molecule has 3 heterocycles. The zero-order valence-electron chi connectivity index (χ0n) is 12.8. The summed E-state index contributed by atoms with van der Waals surface area (Å²) in [6, 6.07) is 1.53. The predicted octanol–water partition coefficient (Wildman–Crippen LogP) is 1.33. The van der Waals surface area contributed by atoms with Crippen molar-refractivity contribution in [3.8, 4) is 0 Å². The monoisotopic (exact) mass is 341 g/mol. The van der Waals surface area contributed by atoms with Crippen LogP contribution < -0.4 is 5.32 Å². The highest BCUT2D eigenvalue weighted by atomic mass is 19.4. The zero-order chi connectivity index (χ0) is 17.5. The molecular weight excluding hydrogens is 327 g/mol. The molecule has 0 aliphatic rings. The fraction of sp³-hybridized carbons (Fsp3) is 0.385. The van der Waals surface area contributed by atoms with Crippen molar-refractivity contribution in [2.45, 2.75) is 19.2 Å². The van der Waals surface area contributed by atoms with Gasteiger partial charge in [-0.15, -0.1) is 5.10 Å². The maximum Gasteiger partial charge on any atom is 0.453 e. The van der Waals surface area contributed by atoms with Crippen LogP contribution in [-0.2, 0) is 13.2 Å². The number of hydrogen-bond acceptors (Lipinski definition) is 6. The number of halogens is 3. The number of hydrogen-bond donors (Lipinski definition) is 2. The van der Waals surface area contributed by atoms with E-state index in [0.29, 0.717) is 11.3 Å². The second kappa shape index (κ2) is 5.74. The van der Waals surface area contributed by atoms with Gasteiger partial charge in [0.1, 0.15) is 5.82 Å². The summed E-state index contributed by atoms with van der Waals surface area (Å²) in [5, 5.41) is 20.4. The van der Waals surface area contributed by atoms with Crippen molar-refractivity contribution in [1.82, 2.24) is 29.4 Å². The molecule has 0 spiro atoms. The molecule has 24 heavy (non-hydrogen) atoms. The molecule has 0 aliphatic carbocycles. The normalized spacial score (nSPS) is 13.4. The molecule has 1 atom stereocenters. The Balaban J connectivity index is 1.87. The summed E-state index contributed by atoms with van der Waals surface area (Å²) in [5.74, 6) is -1.18. The van der Waals surface area contributed by atoms with Crippen LogP contribution in [0.15, 0.2) is 18.5 Å². The minimum absolute atomic E-state index is 0.0610. The van der Waals surface area contributed by atoms with Crippen LogP contribution in [0.4, 0.5) is 19.0 Å². The largest absolute Gasteiger partial charge is 0.453 e. The topological polar surface area (TPSA) is 93.2 Å². The number of alkyl halides is 3. The van der Waals surface area contributed by atoms with Gasteiger partial charge in [-0.05, 0) is 6.92 Å². The number of rotatable bonds is 4. The Morgan fingerprint density at radius 2 is 2.08 bits per heavy atom. The highest BCUT2D eigenvalue weighted by Crippen LogP contribution is 2.27. The lowest BCUT2D eigenvalue weighted by molar-refractivity contribution is -0.144. The third-order valence-corrected chi connectivity index (χ3v) is 3.28. The standard InChI is InChI=1S/C13H14F3N7O/c1-7-3-10(17-5-9(24)8-4-18-22(2)6-8)23-12(19-7)20-11(21-23)13(14,15)16/h3-4,6,9,17,24H,5H2,1-2H3. The third kappa shape index (κ3) is 3.15. The van der Waals surface area contributed by atoms with Crippen molar-refractivity contribution < 1.29 is 18.3 Å². The van der Waals surface area contributed by atoms with Crippen LogP contribution in [0.5, 0.6) is 0 Å². The first-order chi connectivity index (χ1) is 11.2. The van der Waals surface area contributed by atoms with Crippen molar-refractivity contribution in [1.29, 1.82) is 0 Å². The van der Waals surface area contributed by atoms with E-state index in [1.807, 2.05) is 0 Å². The molecule has 3 aromatic heterocycles. The lowest BCUT2D eigenvalue weighted by Gasteiger charge is -2.12. The van der Waals surface area contributed by atoms with Gasteiger partial charge < -0.3 is 10.4 Å². The number of nitrogens with one attached hydrogen (secondary N) is 1. The first kappa shape index (κ1) is 16.2. The fourth-order valence-electron chi connectivity index (χ4n) is 2.16. The van der Waals surface area contributed by atoms with E-state index in [2.05, 4.69) is 25.5 Å². The molecule has 2 N–H and O–H groups in total. The van der Waals surface area contributed by atoms with E-state index in [-0.39, 0.29) is 18.1 Å². The molecule has 0 aromatic carbocycles. The van der Waals surface area contributed by atoms with Gasteiger partial charge >= 0.3 is 6.18 Å². The number of nitrogens with zero attached hydrogens (tertiary/aromatic N) is 6. The molecule has 0 aliphatic heterocycles. The van der Waals surface area contributed by atoms with Gasteiger partial charge in [-0.25, -0.2) is 4.98 Å². The average molecular weight is 341 g/mol. The first-order valence-corrected chi connectivity index (χ1v) is 6.96. The lowest BCUT2D eigenvalue weighted by atomic mass is 10.2. The molecule has 128 valence electrons. The van der Waals surface area contributed by atoms with Gasteiger partial charge in [0.2, 0.25) is 0 Å². The molecule has 0 saturated heterocycles. The number of fused-ring (bicyclic) bond motifs is 1. The Morgan fingerprint density at radius 3 is 2.71 bits per heavy atom. The van der Waals surface area contributed by atoms with E-state index in [0.717, 1.165) is 4.52 Å². The smallest absolute Gasteiger partial charge is 0.386 e. The second-order valence-electron chi connectivity index (χ2n) is 5.27. The number of anilines is 1. The summed E-state index contributed by atoms with van der Waals surface area (Å²) in [4.78, 5) is 7.33. The van der Waals surface area contributed by atoms with Crippen LogP contribution >= 0.6 is 0 Å². The summed E-state index contributed by atoms with van der Waals surface area (Å²) >= 11 is 0. The van der Waals surface area contributed by atoms with Crippen LogP contribution in [0.2, 0.25) is 0 Å². The Kier molecular flexibility index (Phi) is 3.87. The zero-order valence-corrected chi connectivity index (χ0v) is 12.8. The molecule has 0 saturated carbocycles. The van der Waals surface area contributed by atoms with Gasteiger partial charge in [0, 0.05) is 37.1 Å². The van der Waals surface area contributed by atoms with E-state index in [4.69, 9.17) is 0 Å². The van der Waals surface area contributed by atoms with Gasteiger partial charge in [0.05, 0.1) is 12.3 Å². The Bertz CT molecular complexity index is 870. The van der Waals surface area contributed by atoms with Gasteiger partial charge in [0.15, 0.2) is 0 Å². The summed E-state index contributed by atoms with van der Waals surface area (Å²) in [6.45, 7) is 1.69. The summed E-state index contributed by atoms with van der Waals surface area (Å²) in [6.07, 6.45) is -2.38. The Labute approximate surface area is 134 Å². The SMILES string of the molecule is Cc1cc(NCC(O)c2cnn(C)c2)n2nc(C(F)(F)F)nc2n1. The fourth-order valence-corrected chi connectivity index (χ4v) is 2.16. The Morgan fingerprint density at radius 1 is 1.33 bits per heavy atom. The maximum absolute atomic E-state index is 12.8. The lowest BCUT2D eigenvalue weighted by Crippen LogP contribution is -2.15. The molecule has 1 unspecified atom stereocenters. The minimum Gasteiger partial charge on any atom is -0.386 e. The van der Waals surface area contributed by atoms with Crippen molar-refractivity contribution in [2.75, 3.05) is 11.9 Å². The Hall–Kier alpha value is -2.69. The minimum atomic E-state index is -4.66. The molecule has 0 bridgehead atoms. The van der Waals surface area contributed by atoms with E-state index in [1.54, 1.807) is 24.9 Å². The van der Waals surface area contributed by atoms with Crippen molar-refractivity contribution in [3.05, 3.63) is 35.5 Å². The molecule has 0 fully saturated rings. The van der Waals surface area contributed by atoms with E-state index >= 15 is 0 Å². The van der Waals surface area contributed by atoms with Crippen molar-refractivity contribution in [2.24, 2.45) is 7.05 Å². The number of aryl methyl sites for hydroxylation is 2. The molecule has 11 heteroatoms. The van der Waals surface area contributed by atoms with E-state index in [1.165, 1.54) is 12.3 Å². The number of aromatic nitrogens is 6. The maximum atomic E-state index is 12.8. The highest BCUT2D eigenvalue weighted by Gasteiger charge is 2.36. The van der Waals surface area contributed by atoms with Crippen molar-refractivity contribution >= 4 is 11.6 Å². The molecule has 3 aromatic rings. The van der Waals surface area contributed by atoms with E-state index < -0.39 is 18.1 Å². The van der Waals surface area contributed by atoms with Crippen LogP contribution in [-0.4, -0.2) is 41.0 Å². The molecule has 0 amide bonds. The van der Waals surface area contributed by atoms with Gasteiger partial charge in [-0.3, -0.25) is 4.68 Å². The average Bonchev–Trinajstić information content (AvgIpc) is 3.09. The van der Waals surface area contributed by atoms with Gasteiger partial charge in [0.25, 0.3) is 11.6 Å². The molecule has 0 radical (unpaired) electrons. The van der Waals surface area contributed by atoms with Crippen LogP contribution in [0.1, 0.15) is 23.2 Å². The van der Waals surface area contributed by atoms with Gasteiger partial charge in [-0.2, -0.15) is 27.8 Å². The third-order valence-electron chi connectivity index (χ3n) is 3.28. The summed E-state index contributed by atoms with van der Waals surface area (Å²) in [7, 11) is 1.72. The molecule has 3 rings (SSSR count). The van der Waals surface area contributed by atoms with Crippen LogP contribution in [0, 0.1) is 6.92 Å². The summed E-state index contributed by atoms with van der Waals surface area (Å²) < 4.78 is 40.8. The predicted molar refractivity (Wildman–Crippen MR) is 77.2 cm³/mol.